The average Bonchev–Trinajstić information content (AvgIpc) is 2.78. The first kappa shape index (κ1) is 23.8. The van der Waals surface area contributed by atoms with E-state index in [-0.39, 0.29) is 17.0 Å². The lowest BCUT2D eigenvalue weighted by Crippen LogP contribution is -3.00. The normalized spacial score (nSPS) is 11.1. The zero-order chi connectivity index (χ0) is 19.5. The summed E-state index contributed by atoms with van der Waals surface area (Å²) < 4.78 is 0. The summed E-state index contributed by atoms with van der Waals surface area (Å²) in [4.78, 5) is 0. The SMILES string of the molecule is OCCCCCCCC[P+](c1ccccc1)(c1ccccc1)c1ccccc1.[Br-]. The highest BCUT2D eigenvalue weighted by atomic mass is 79.9. The Morgan fingerprint density at radius 2 is 0.828 bits per heavy atom. The van der Waals surface area contributed by atoms with Gasteiger partial charge in [-0.2, -0.15) is 0 Å². The van der Waals surface area contributed by atoms with Crippen molar-refractivity contribution < 1.29 is 22.1 Å². The van der Waals surface area contributed by atoms with E-state index in [0.29, 0.717) is 6.61 Å². The van der Waals surface area contributed by atoms with E-state index in [9.17, 15) is 0 Å². The van der Waals surface area contributed by atoms with Crippen molar-refractivity contribution in [1.82, 2.24) is 0 Å². The topological polar surface area (TPSA) is 20.2 Å². The first-order chi connectivity index (χ1) is 13.9. The highest BCUT2D eigenvalue weighted by molar-refractivity contribution is 7.95. The summed E-state index contributed by atoms with van der Waals surface area (Å²) in [7, 11) is -1.65. The van der Waals surface area contributed by atoms with Crippen LogP contribution in [0.25, 0.3) is 0 Å². The summed E-state index contributed by atoms with van der Waals surface area (Å²) in [6.45, 7) is 0.324. The van der Waals surface area contributed by atoms with E-state index < -0.39 is 7.26 Å². The van der Waals surface area contributed by atoms with Gasteiger partial charge in [0.25, 0.3) is 0 Å². The number of hydrogen-bond acceptors (Lipinski definition) is 1. The molecule has 1 nitrogen and oxygen atoms in total. The third-order valence-electron chi connectivity index (χ3n) is 5.49. The Morgan fingerprint density at radius 1 is 0.483 bits per heavy atom. The van der Waals surface area contributed by atoms with E-state index in [0.717, 1.165) is 12.8 Å². The lowest BCUT2D eigenvalue weighted by Gasteiger charge is -2.27. The van der Waals surface area contributed by atoms with Crippen LogP contribution >= 0.6 is 7.26 Å². The summed E-state index contributed by atoms with van der Waals surface area (Å²) in [6.07, 6.45) is 8.30. The van der Waals surface area contributed by atoms with Gasteiger partial charge in [-0.3, -0.25) is 0 Å². The maximum Gasteiger partial charge on any atom is 0.112 e. The van der Waals surface area contributed by atoms with Crippen LogP contribution in [0.4, 0.5) is 0 Å². The Balaban J connectivity index is 0.00000300. The van der Waals surface area contributed by atoms with Gasteiger partial charge in [0, 0.05) is 6.61 Å². The molecule has 3 aromatic rings. The first-order valence-corrected chi connectivity index (χ1v) is 12.5. The number of hydrogen-bond donors (Lipinski definition) is 1. The molecule has 0 amide bonds. The fraction of sp³-hybridized carbons (Fsp3) is 0.308. The number of aliphatic hydroxyl groups is 1. The van der Waals surface area contributed by atoms with Crippen LogP contribution in [0.3, 0.4) is 0 Å². The number of aliphatic hydroxyl groups excluding tert-OH is 1. The molecule has 0 saturated heterocycles. The van der Waals surface area contributed by atoms with Crippen LogP contribution in [0.2, 0.25) is 0 Å². The first-order valence-electron chi connectivity index (χ1n) is 10.5. The van der Waals surface area contributed by atoms with Crippen molar-refractivity contribution in [2.75, 3.05) is 12.8 Å². The molecule has 1 N–H and O–H groups in total. The molecule has 0 saturated carbocycles. The van der Waals surface area contributed by atoms with Crippen LogP contribution in [-0.2, 0) is 0 Å². The molecule has 29 heavy (non-hydrogen) atoms. The van der Waals surface area contributed by atoms with Gasteiger partial charge in [0.15, 0.2) is 0 Å². The van der Waals surface area contributed by atoms with E-state index in [4.69, 9.17) is 5.11 Å². The molecular formula is C26H32BrOP. The highest BCUT2D eigenvalue weighted by Crippen LogP contribution is 2.55. The molecule has 3 heteroatoms. The molecule has 0 aliphatic heterocycles. The lowest BCUT2D eigenvalue weighted by molar-refractivity contribution is -0.00000669. The molecule has 0 aromatic heterocycles. The third kappa shape index (κ3) is 6.25. The molecule has 0 aliphatic carbocycles. The van der Waals surface area contributed by atoms with Crippen LogP contribution in [-0.4, -0.2) is 17.9 Å². The van der Waals surface area contributed by atoms with E-state index in [1.54, 1.807) is 0 Å². The predicted molar refractivity (Wildman–Crippen MR) is 125 cm³/mol. The molecule has 0 bridgehead atoms. The molecule has 3 rings (SSSR count). The Bertz CT molecular complexity index is 696. The van der Waals surface area contributed by atoms with Crippen molar-refractivity contribution in [1.29, 1.82) is 0 Å². The monoisotopic (exact) mass is 470 g/mol. The van der Waals surface area contributed by atoms with E-state index in [1.807, 2.05) is 0 Å². The zero-order valence-electron chi connectivity index (χ0n) is 17.1. The minimum Gasteiger partial charge on any atom is -1.00 e. The molecule has 154 valence electrons. The number of unbranched alkanes of at least 4 members (excludes halogenated alkanes) is 5. The smallest absolute Gasteiger partial charge is 0.112 e. The second-order valence-corrected chi connectivity index (χ2v) is 11.0. The van der Waals surface area contributed by atoms with Crippen molar-refractivity contribution in [2.24, 2.45) is 0 Å². The molecule has 0 aliphatic rings. The molecule has 0 radical (unpaired) electrons. The van der Waals surface area contributed by atoms with Gasteiger partial charge in [0.05, 0.1) is 6.16 Å². The van der Waals surface area contributed by atoms with Crippen molar-refractivity contribution in [2.45, 2.75) is 38.5 Å². The van der Waals surface area contributed by atoms with Gasteiger partial charge in [-0.15, -0.1) is 0 Å². The van der Waals surface area contributed by atoms with Crippen molar-refractivity contribution in [3.63, 3.8) is 0 Å². The largest absolute Gasteiger partial charge is 1.00 e. The van der Waals surface area contributed by atoms with Crippen molar-refractivity contribution in [3.05, 3.63) is 91.0 Å². The second-order valence-electron chi connectivity index (χ2n) is 7.38. The number of halogens is 1. The van der Waals surface area contributed by atoms with E-state index in [2.05, 4.69) is 91.0 Å². The maximum atomic E-state index is 8.96. The van der Waals surface area contributed by atoms with Crippen LogP contribution < -0.4 is 32.9 Å². The average molecular weight is 471 g/mol. The van der Waals surface area contributed by atoms with Crippen LogP contribution in [0.1, 0.15) is 38.5 Å². The Hall–Kier alpha value is -1.47. The molecule has 0 spiro atoms. The highest BCUT2D eigenvalue weighted by Gasteiger charge is 2.44. The molecule has 0 fully saturated rings. The Morgan fingerprint density at radius 3 is 1.21 bits per heavy atom. The molecule has 0 atom stereocenters. The number of rotatable bonds is 11. The summed E-state index contributed by atoms with van der Waals surface area (Å²) in [5, 5.41) is 13.4. The van der Waals surface area contributed by atoms with Gasteiger partial charge in [0.2, 0.25) is 0 Å². The summed E-state index contributed by atoms with van der Waals surface area (Å²) in [6, 6.07) is 33.4. The summed E-state index contributed by atoms with van der Waals surface area (Å²) in [5.41, 5.74) is 0. The molecule has 0 heterocycles. The van der Waals surface area contributed by atoms with Gasteiger partial charge < -0.3 is 22.1 Å². The Labute approximate surface area is 187 Å². The van der Waals surface area contributed by atoms with E-state index in [1.165, 1.54) is 47.8 Å². The third-order valence-corrected chi connectivity index (χ3v) is 10.0. The minimum atomic E-state index is -1.65. The standard InChI is InChI=1S/C26H32OP.BrH/c27-22-14-3-1-2-4-15-23-28(24-16-8-5-9-17-24,25-18-10-6-11-19-25)26-20-12-7-13-21-26;/h5-13,16-21,27H,1-4,14-15,22-23H2;1H/q+1;/p-1. The molecule has 0 unspecified atom stereocenters. The van der Waals surface area contributed by atoms with Gasteiger partial charge in [-0.25, -0.2) is 0 Å². The quantitative estimate of drug-likeness (QED) is 0.336. The van der Waals surface area contributed by atoms with Crippen molar-refractivity contribution >= 4 is 23.2 Å². The van der Waals surface area contributed by atoms with Crippen LogP contribution in [0, 0.1) is 0 Å². The predicted octanol–water partition coefficient (Wildman–Crippen LogP) is 2.32. The Kier molecular flexibility index (Phi) is 10.6. The number of benzene rings is 3. The molecular weight excluding hydrogens is 439 g/mol. The van der Waals surface area contributed by atoms with E-state index >= 15 is 0 Å². The molecule has 3 aromatic carbocycles. The minimum absolute atomic E-state index is 0. The lowest BCUT2D eigenvalue weighted by atomic mass is 10.1. The second kappa shape index (κ2) is 13.0. The van der Waals surface area contributed by atoms with Gasteiger partial charge >= 0.3 is 0 Å². The maximum absolute atomic E-state index is 8.96. The van der Waals surface area contributed by atoms with Crippen LogP contribution in [0.15, 0.2) is 91.0 Å². The van der Waals surface area contributed by atoms with Crippen molar-refractivity contribution in [3.8, 4) is 0 Å². The fourth-order valence-corrected chi connectivity index (χ4v) is 8.46. The fourth-order valence-electron chi connectivity index (χ4n) is 4.05. The van der Waals surface area contributed by atoms with Gasteiger partial charge in [-0.05, 0) is 55.7 Å². The summed E-state index contributed by atoms with van der Waals surface area (Å²) in [5.74, 6) is 0. The van der Waals surface area contributed by atoms with Gasteiger partial charge in [0.1, 0.15) is 23.2 Å². The summed E-state index contributed by atoms with van der Waals surface area (Å²) >= 11 is 0. The zero-order valence-corrected chi connectivity index (χ0v) is 19.6. The van der Waals surface area contributed by atoms with Gasteiger partial charge in [-0.1, -0.05) is 73.9 Å². The van der Waals surface area contributed by atoms with Crippen LogP contribution in [0.5, 0.6) is 0 Å².